The Morgan fingerprint density at radius 2 is 2.50 bits per heavy atom. The normalized spacial score (nSPS) is 31.3. The molecule has 1 heterocycles. The van der Waals surface area contributed by atoms with E-state index in [9.17, 15) is 0 Å². The van der Waals surface area contributed by atoms with Gasteiger partial charge in [-0.1, -0.05) is 13.5 Å². The Morgan fingerprint density at radius 1 is 1.80 bits per heavy atom. The standard InChI is InChI=1S/C8H14O2/c1-3-6-9-8(4-2)5-7-10-8/h4H,2-3,5-7H2,1H3. The van der Waals surface area contributed by atoms with Gasteiger partial charge in [-0.2, -0.15) is 0 Å². The minimum atomic E-state index is -0.421. The molecular formula is C8H14O2. The molecule has 2 nitrogen and oxygen atoms in total. The fourth-order valence-corrected chi connectivity index (χ4v) is 0.912. The van der Waals surface area contributed by atoms with E-state index in [1.165, 1.54) is 0 Å². The van der Waals surface area contributed by atoms with Gasteiger partial charge < -0.3 is 9.47 Å². The Kier molecular flexibility index (Phi) is 2.46. The summed E-state index contributed by atoms with van der Waals surface area (Å²) in [5.74, 6) is -0.421. The molecule has 1 unspecified atom stereocenters. The Labute approximate surface area is 61.8 Å². The smallest absolute Gasteiger partial charge is 0.189 e. The molecule has 0 aliphatic carbocycles. The van der Waals surface area contributed by atoms with E-state index in [0.29, 0.717) is 0 Å². The summed E-state index contributed by atoms with van der Waals surface area (Å²) in [6.07, 6.45) is 3.72. The van der Waals surface area contributed by atoms with Crippen LogP contribution in [0.15, 0.2) is 12.7 Å². The van der Waals surface area contributed by atoms with Gasteiger partial charge in [0.1, 0.15) is 0 Å². The van der Waals surface area contributed by atoms with Crippen LogP contribution in [0.25, 0.3) is 0 Å². The van der Waals surface area contributed by atoms with Crippen molar-refractivity contribution in [2.45, 2.75) is 25.6 Å². The van der Waals surface area contributed by atoms with Crippen molar-refractivity contribution in [3.05, 3.63) is 12.7 Å². The highest BCUT2D eigenvalue weighted by Crippen LogP contribution is 2.28. The van der Waals surface area contributed by atoms with Gasteiger partial charge in [0.25, 0.3) is 0 Å². The number of rotatable bonds is 4. The zero-order chi connectivity index (χ0) is 7.45. The average Bonchev–Trinajstić information content (AvgIpc) is 1.87. The minimum absolute atomic E-state index is 0.421. The minimum Gasteiger partial charge on any atom is -0.346 e. The van der Waals surface area contributed by atoms with Gasteiger partial charge >= 0.3 is 0 Å². The van der Waals surface area contributed by atoms with Gasteiger partial charge in [-0.15, -0.1) is 0 Å². The van der Waals surface area contributed by atoms with Crippen molar-refractivity contribution in [1.82, 2.24) is 0 Å². The van der Waals surface area contributed by atoms with Crippen molar-refractivity contribution < 1.29 is 9.47 Å². The first-order valence-corrected chi connectivity index (χ1v) is 3.74. The lowest BCUT2D eigenvalue weighted by molar-refractivity contribution is -0.275. The summed E-state index contributed by atoms with van der Waals surface area (Å²) in [6.45, 7) is 7.29. The van der Waals surface area contributed by atoms with E-state index in [1.807, 2.05) is 0 Å². The Balaban J connectivity index is 2.26. The monoisotopic (exact) mass is 142 g/mol. The largest absolute Gasteiger partial charge is 0.346 e. The van der Waals surface area contributed by atoms with E-state index in [0.717, 1.165) is 26.1 Å². The zero-order valence-electron chi connectivity index (χ0n) is 6.43. The first-order chi connectivity index (χ1) is 4.83. The van der Waals surface area contributed by atoms with E-state index in [2.05, 4.69) is 13.5 Å². The highest BCUT2D eigenvalue weighted by molar-refractivity contribution is 4.94. The van der Waals surface area contributed by atoms with Crippen LogP contribution < -0.4 is 0 Å². The Bertz CT molecular complexity index is 116. The van der Waals surface area contributed by atoms with Crippen molar-refractivity contribution in [3.8, 4) is 0 Å². The number of ether oxygens (including phenoxy) is 2. The Hall–Kier alpha value is -0.340. The number of hydrogen-bond donors (Lipinski definition) is 0. The molecule has 2 heteroatoms. The SMILES string of the molecule is C=CC1(OCCC)CCO1. The Morgan fingerprint density at radius 3 is 2.80 bits per heavy atom. The molecular weight excluding hydrogens is 128 g/mol. The lowest BCUT2D eigenvalue weighted by Gasteiger charge is -2.38. The van der Waals surface area contributed by atoms with Crippen molar-refractivity contribution >= 4 is 0 Å². The van der Waals surface area contributed by atoms with Gasteiger partial charge in [0.2, 0.25) is 0 Å². The topological polar surface area (TPSA) is 18.5 Å². The molecule has 0 bridgehead atoms. The van der Waals surface area contributed by atoms with Crippen LogP contribution in [0.3, 0.4) is 0 Å². The summed E-state index contributed by atoms with van der Waals surface area (Å²) in [7, 11) is 0. The van der Waals surface area contributed by atoms with Crippen LogP contribution in [0.2, 0.25) is 0 Å². The van der Waals surface area contributed by atoms with Gasteiger partial charge in [-0.05, 0) is 12.5 Å². The molecule has 1 aliphatic heterocycles. The summed E-state index contributed by atoms with van der Waals surface area (Å²) >= 11 is 0. The molecule has 0 radical (unpaired) electrons. The highest BCUT2D eigenvalue weighted by Gasteiger charge is 2.35. The molecule has 1 saturated heterocycles. The van der Waals surface area contributed by atoms with Gasteiger partial charge in [0, 0.05) is 6.42 Å². The van der Waals surface area contributed by atoms with E-state index in [1.54, 1.807) is 6.08 Å². The molecule has 1 aliphatic rings. The van der Waals surface area contributed by atoms with Crippen molar-refractivity contribution in [2.24, 2.45) is 0 Å². The highest BCUT2D eigenvalue weighted by atomic mass is 16.7. The second-order valence-corrected chi connectivity index (χ2v) is 2.46. The molecule has 0 N–H and O–H groups in total. The van der Waals surface area contributed by atoms with Crippen LogP contribution in [0, 0.1) is 0 Å². The summed E-state index contributed by atoms with van der Waals surface area (Å²) in [5, 5.41) is 0. The van der Waals surface area contributed by atoms with Crippen LogP contribution in [0.1, 0.15) is 19.8 Å². The predicted octanol–water partition coefficient (Wildman–Crippen LogP) is 1.72. The van der Waals surface area contributed by atoms with Crippen LogP contribution in [0.5, 0.6) is 0 Å². The second-order valence-electron chi connectivity index (χ2n) is 2.46. The molecule has 0 aromatic heterocycles. The van der Waals surface area contributed by atoms with Crippen molar-refractivity contribution in [2.75, 3.05) is 13.2 Å². The predicted molar refractivity (Wildman–Crippen MR) is 39.7 cm³/mol. The second kappa shape index (κ2) is 3.17. The molecule has 0 saturated carbocycles. The van der Waals surface area contributed by atoms with Crippen LogP contribution in [-0.4, -0.2) is 19.0 Å². The molecule has 0 aromatic carbocycles. The molecule has 10 heavy (non-hydrogen) atoms. The summed E-state index contributed by atoms with van der Waals surface area (Å²) in [6, 6.07) is 0. The molecule has 1 rings (SSSR count). The molecule has 1 atom stereocenters. The number of hydrogen-bond acceptors (Lipinski definition) is 2. The van der Waals surface area contributed by atoms with Crippen molar-refractivity contribution in [3.63, 3.8) is 0 Å². The maximum atomic E-state index is 5.42. The average molecular weight is 142 g/mol. The zero-order valence-corrected chi connectivity index (χ0v) is 6.43. The van der Waals surface area contributed by atoms with Gasteiger partial charge in [-0.25, -0.2) is 0 Å². The van der Waals surface area contributed by atoms with Gasteiger partial charge in [0.05, 0.1) is 13.2 Å². The van der Waals surface area contributed by atoms with Gasteiger partial charge in [-0.3, -0.25) is 0 Å². The van der Waals surface area contributed by atoms with Crippen molar-refractivity contribution in [1.29, 1.82) is 0 Å². The van der Waals surface area contributed by atoms with E-state index in [4.69, 9.17) is 9.47 Å². The lowest BCUT2D eigenvalue weighted by atomic mass is 10.1. The van der Waals surface area contributed by atoms with Crippen LogP contribution in [-0.2, 0) is 9.47 Å². The fourth-order valence-electron chi connectivity index (χ4n) is 0.912. The maximum Gasteiger partial charge on any atom is 0.189 e. The third-order valence-electron chi connectivity index (χ3n) is 1.66. The van der Waals surface area contributed by atoms with E-state index < -0.39 is 5.79 Å². The summed E-state index contributed by atoms with van der Waals surface area (Å²) in [4.78, 5) is 0. The maximum absolute atomic E-state index is 5.42. The first-order valence-electron chi connectivity index (χ1n) is 3.74. The van der Waals surface area contributed by atoms with Gasteiger partial charge in [0.15, 0.2) is 5.79 Å². The molecule has 0 spiro atoms. The van der Waals surface area contributed by atoms with Crippen LogP contribution >= 0.6 is 0 Å². The molecule has 1 fully saturated rings. The third kappa shape index (κ3) is 1.39. The summed E-state index contributed by atoms with van der Waals surface area (Å²) < 4.78 is 10.7. The molecule has 0 amide bonds. The fraction of sp³-hybridized carbons (Fsp3) is 0.750. The quantitative estimate of drug-likeness (QED) is 0.556. The molecule has 0 aromatic rings. The van der Waals surface area contributed by atoms with E-state index in [-0.39, 0.29) is 0 Å². The van der Waals surface area contributed by atoms with E-state index >= 15 is 0 Å². The third-order valence-corrected chi connectivity index (χ3v) is 1.66. The summed E-state index contributed by atoms with van der Waals surface area (Å²) in [5.41, 5.74) is 0. The van der Waals surface area contributed by atoms with Crippen LogP contribution in [0.4, 0.5) is 0 Å². The lowest BCUT2D eigenvalue weighted by Crippen LogP contribution is -2.44. The molecule has 58 valence electrons. The first kappa shape index (κ1) is 7.76.